The van der Waals surface area contributed by atoms with E-state index in [9.17, 15) is 33.6 Å². The fourth-order valence-corrected chi connectivity index (χ4v) is 9.10. The Labute approximate surface area is 345 Å². The second kappa shape index (κ2) is 19.6. The molecule has 4 N–H and O–H groups in total. The number of carbonyl (C=O) groups is 4. The molecule has 6 atom stereocenters. The molecule has 25 heteroatoms. The van der Waals surface area contributed by atoms with E-state index >= 15 is 4.57 Å². The summed E-state index contributed by atoms with van der Waals surface area (Å²) in [6.07, 6.45) is 0.918. The maximum absolute atomic E-state index is 15.0. The summed E-state index contributed by atoms with van der Waals surface area (Å²) in [6, 6.07) is 0.148. The van der Waals surface area contributed by atoms with Crippen molar-refractivity contribution in [2.45, 2.75) is 102 Å². The normalized spacial score (nSPS) is 23.2. The van der Waals surface area contributed by atoms with Gasteiger partial charge in [-0.15, -0.1) is 4.36 Å². The van der Waals surface area contributed by atoms with Crippen LogP contribution in [-0.2, 0) is 66.4 Å². The number of halogens is 1. The number of methoxy groups -OCH3 is 1. The topological polar surface area (TPSA) is 288 Å². The lowest BCUT2D eigenvalue weighted by Gasteiger charge is -2.36. The molecule has 2 saturated carbocycles. The number of amides is 2. The van der Waals surface area contributed by atoms with Gasteiger partial charge in [-0.3, -0.25) is 37.5 Å². The van der Waals surface area contributed by atoms with Crippen molar-refractivity contribution in [3.63, 3.8) is 0 Å². The van der Waals surface area contributed by atoms with Crippen LogP contribution in [0.2, 0.25) is 5.28 Å². The largest absolute Gasteiger partial charge is 0.438 e. The van der Waals surface area contributed by atoms with Gasteiger partial charge in [0.25, 0.3) is 5.34 Å². The van der Waals surface area contributed by atoms with E-state index in [-0.39, 0.29) is 17.0 Å². The predicted molar refractivity (Wildman–Crippen MR) is 206 cm³/mol. The molecule has 330 valence electrons. The molecule has 0 bridgehead atoms. The molecule has 3 heterocycles. The number of carbonyl (C=O) groups excluding carboxylic acids is 4. The lowest BCUT2D eigenvalue weighted by molar-refractivity contribution is -0.162. The van der Waals surface area contributed by atoms with Crippen LogP contribution >= 0.6 is 19.2 Å². The predicted octanol–water partition coefficient (Wildman–Crippen LogP) is 2.42. The summed E-state index contributed by atoms with van der Waals surface area (Å²) in [4.78, 5) is 60.2. The molecule has 0 radical (unpaired) electrons. The molecular formula is C34H51ClN7O15PS. The molecule has 22 nitrogen and oxygen atoms in total. The minimum Gasteiger partial charge on any atom is -0.438 e. The molecule has 0 spiro atoms. The van der Waals surface area contributed by atoms with Crippen LogP contribution in [0, 0.1) is 17.8 Å². The molecule has 1 unspecified atom stereocenters. The number of aliphatic hydroxyl groups excluding tert-OH is 2. The van der Waals surface area contributed by atoms with Crippen LogP contribution < -0.4 is 10.0 Å². The Morgan fingerprint density at radius 2 is 1.64 bits per heavy atom. The number of hydrogen-bond donors (Lipinski definition) is 4. The number of hydrogen-bond acceptors (Lipinski definition) is 19. The molecule has 5 rings (SSSR count). The first-order valence-electron chi connectivity index (χ1n) is 18.9. The third kappa shape index (κ3) is 11.1. The first kappa shape index (κ1) is 46.7. The SMILES string of the molecule is COC[C@@](OC[C@H]1O[C@@H](n2ncc3c(NC4CCCC4)nc(Cl)nc32)[C@H](O)[C@@H]1O)(C(=O)N=S(C)(=O)NC(=O)C1CC1)P(=O)(OCOC(=O)C(C)C)OCOC(=O)C(C)C. The first-order chi connectivity index (χ1) is 27.8. The Balaban J connectivity index is 1.50. The average Bonchev–Trinajstić information content (AvgIpc) is 3.63. The number of rotatable bonds is 20. The summed E-state index contributed by atoms with van der Waals surface area (Å²) in [5, 5.41) is 27.5. The summed E-state index contributed by atoms with van der Waals surface area (Å²) in [7, 11) is -8.26. The van der Waals surface area contributed by atoms with Crippen LogP contribution in [-0.4, -0.2) is 128 Å². The van der Waals surface area contributed by atoms with Gasteiger partial charge >= 0.3 is 25.4 Å². The van der Waals surface area contributed by atoms with Crippen LogP contribution in [0.25, 0.3) is 11.0 Å². The number of aromatic nitrogens is 4. The van der Waals surface area contributed by atoms with Gasteiger partial charge in [0.2, 0.25) is 24.8 Å². The van der Waals surface area contributed by atoms with Gasteiger partial charge in [-0.1, -0.05) is 40.5 Å². The lowest BCUT2D eigenvalue weighted by atomic mass is 10.1. The number of fused-ring (bicyclic) bond motifs is 1. The summed E-state index contributed by atoms with van der Waals surface area (Å²) >= 11 is 6.29. The fraction of sp³-hybridized carbons (Fsp3) is 0.735. The van der Waals surface area contributed by atoms with Gasteiger partial charge in [0.05, 0.1) is 36.6 Å². The number of aliphatic hydroxyl groups is 2. The standard InChI is InChI=1S/C34H51ClN7O15PS/c1-18(2)30(46)52-16-55-58(49,56-17-53-31(47)19(3)4)34(15-51-5,32(48)41-59(6,50)40-28(45)20-11-12-20)54-14-23-24(43)25(44)29(57-23)42-27-22(13-36-42)26(38-33(35)39-27)37-21-9-7-8-10-21/h13,18-21,23-25,29,43-44H,7-12,14-17H2,1-6H3,(H,37,38,39)(H,40,41,45,48,50)/t23-,24-,25-,29-,34+,59?/m1/s1. The van der Waals surface area contributed by atoms with Crippen molar-refractivity contribution in [3.05, 3.63) is 11.5 Å². The quantitative estimate of drug-likeness (QED) is 0.0642. The van der Waals surface area contributed by atoms with Gasteiger partial charge in [0.15, 0.2) is 11.9 Å². The highest BCUT2D eigenvalue weighted by molar-refractivity contribution is 7.91. The maximum Gasteiger partial charge on any atom is 0.380 e. The zero-order valence-corrected chi connectivity index (χ0v) is 35.9. The van der Waals surface area contributed by atoms with Crippen LogP contribution in [0.4, 0.5) is 5.82 Å². The highest BCUT2D eigenvalue weighted by Crippen LogP contribution is 2.62. The van der Waals surface area contributed by atoms with E-state index in [1.807, 2.05) is 0 Å². The van der Waals surface area contributed by atoms with Gasteiger partial charge in [-0.2, -0.15) is 15.1 Å². The summed E-state index contributed by atoms with van der Waals surface area (Å²) < 4.78 is 74.0. The molecule has 1 saturated heterocycles. The van der Waals surface area contributed by atoms with Gasteiger partial charge in [-0.25, -0.2) is 8.89 Å². The van der Waals surface area contributed by atoms with Crippen LogP contribution in [0.1, 0.15) is 72.4 Å². The molecular weight excluding hydrogens is 845 g/mol. The molecule has 0 aromatic carbocycles. The van der Waals surface area contributed by atoms with Gasteiger partial charge in [0, 0.05) is 25.3 Å². The second-order valence-electron chi connectivity index (χ2n) is 15.0. The van der Waals surface area contributed by atoms with E-state index in [1.54, 1.807) is 0 Å². The van der Waals surface area contributed by atoms with Crippen molar-refractivity contribution in [1.29, 1.82) is 0 Å². The molecule has 2 aromatic heterocycles. The molecule has 3 fully saturated rings. The Morgan fingerprint density at radius 1 is 1.03 bits per heavy atom. The summed E-state index contributed by atoms with van der Waals surface area (Å²) in [5.41, 5.74) is 0.148. The van der Waals surface area contributed by atoms with E-state index in [4.69, 9.17) is 44.3 Å². The van der Waals surface area contributed by atoms with Gasteiger partial charge in [0.1, 0.15) is 34.0 Å². The molecule has 59 heavy (non-hydrogen) atoms. The maximum atomic E-state index is 15.0. The Morgan fingerprint density at radius 3 is 2.20 bits per heavy atom. The highest BCUT2D eigenvalue weighted by atomic mass is 35.5. The van der Waals surface area contributed by atoms with Gasteiger partial charge in [-0.05, 0) is 37.3 Å². The molecule has 1 aliphatic heterocycles. The van der Waals surface area contributed by atoms with Crippen LogP contribution in [0.15, 0.2) is 10.6 Å². The Bertz CT molecular complexity index is 2010. The molecule has 3 aliphatic rings. The number of anilines is 1. The third-order valence-corrected chi connectivity index (χ3v) is 13.1. The molecule has 2 aromatic rings. The minimum atomic E-state index is -5.38. The van der Waals surface area contributed by atoms with E-state index in [0.717, 1.165) is 39.0 Å². The number of esters is 2. The number of ether oxygens (including phenoxy) is 5. The Kier molecular flexibility index (Phi) is 15.5. The molecule has 2 amide bonds. The third-order valence-electron chi connectivity index (χ3n) is 9.59. The van der Waals surface area contributed by atoms with E-state index < -0.39 is 116 Å². The summed E-state index contributed by atoms with van der Waals surface area (Å²) in [5.74, 6) is -5.27. The van der Waals surface area contributed by atoms with Gasteiger partial charge < -0.3 is 39.2 Å². The van der Waals surface area contributed by atoms with Crippen molar-refractivity contribution in [2.75, 3.05) is 45.5 Å². The Hall–Kier alpha value is -3.38. The lowest BCUT2D eigenvalue weighted by Crippen LogP contribution is -2.49. The van der Waals surface area contributed by atoms with Crippen molar-refractivity contribution < 1.29 is 70.9 Å². The van der Waals surface area contributed by atoms with E-state index in [0.29, 0.717) is 24.0 Å². The van der Waals surface area contributed by atoms with Crippen molar-refractivity contribution in [2.24, 2.45) is 22.1 Å². The summed E-state index contributed by atoms with van der Waals surface area (Å²) in [6.45, 7) is 1.87. The highest BCUT2D eigenvalue weighted by Gasteiger charge is 2.61. The second-order valence-corrected chi connectivity index (χ2v) is 19.6. The fourth-order valence-electron chi connectivity index (χ4n) is 6.14. The van der Waals surface area contributed by atoms with Crippen LogP contribution in [0.3, 0.4) is 0 Å². The van der Waals surface area contributed by atoms with E-state index in [1.165, 1.54) is 38.6 Å². The zero-order chi connectivity index (χ0) is 43.3. The van der Waals surface area contributed by atoms with Crippen molar-refractivity contribution >= 4 is 69.7 Å². The number of nitrogens with zero attached hydrogens (tertiary/aromatic N) is 5. The zero-order valence-electron chi connectivity index (χ0n) is 33.4. The van der Waals surface area contributed by atoms with Crippen molar-refractivity contribution in [3.8, 4) is 0 Å². The van der Waals surface area contributed by atoms with Crippen LogP contribution in [0.5, 0.6) is 0 Å². The monoisotopic (exact) mass is 895 g/mol. The smallest absolute Gasteiger partial charge is 0.380 e. The molecule has 2 aliphatic carbocycles. The first-order valence-corrected chi connectivity index (χ1v) is 22.8. The minimum absolute atomic E-state index is 0.131. The van der Waals surface area contributed by atoms with Crippen molar-refractivity contribution in [1.82, 2.24) is 24.5 Å². The van der Waals surface area contributed by atoms with E-state index in [2.05, 4.69) is 29.5 Å². The average molecular weight is 896 g/mol. The number of nitrogens with one attached hydrogen (secondary N) is 2.